The lowest BCUT2D eigenvalue weighted by Gasteiger charge is -2.05. The van der Waals surface area contributed by atoms with Crippen LogP contribution in [0.2, 0.25) is 0 Å². The molecule has 7 nitrogen and oxygen atoms in total. The molecule has 2 aromatic carbocycles. The summed E-state index contributed by atoms with van der Waals surface area (Å²) in [4.78, 5) is 24.8. The van der Waals surface area contributed by atoms with Gasteiger partial charge in [-0.3, -0.25) is 14.3 Å². The number of fused-ring (bicyclic) bond motifs is 1. The van der Waals surface area contributed by atoms with Crippen LogP contribution in [0.3, 0.4) is 0 Å². The minimum atomic E-state index is -0.600. The number of methoxy groups -OCH3 is 1. The summed E-state index contributed by atoms with van der Waals surface area (Å²) in [6.07, 6.45) is 2.99. The quantitative estimate of drug-likeness (QED) is 0.561. The highest BCUT2D eigenvalue weighted by Crippen LogP contribution is 2.20. The molecule has 4 rings (SSSR count). The molecule has 0 aliphatic carbocycles. The molecule has 0 fully saturated rings. The Morgan fingerprint density at radius 2 is 2.07 bits per heavy atom. The van der Waals surface area contributed by atoms with Gasteiger partial charge in [0.2, 0.25) is 0 Å². The summed E-state index contributed by atoms with van der Waals surface area (Å²) in [5, 5.41) is 7.08. The van der Waals surface area contributed by atoms with Gasteiger partial charge in [-0.15, -0.1) is 0 Å². The van der Waals surface area contributed by atoms with E-state index in [1.807, 2.05) is 0 Å². The summed E-state index contributed by atoms with van der Waals surface area (Å²) in [5.74, 6) is -0.565. The van der Waals surface area contributed by atoms with E-state index in [-0.39, 0.29) is 29.1 Å². The standard InChI is InChI=1S/C21H16FN3O4/c1-28-15-6-7-16-18(26)9-20(29-19(16)8-15)21(27)24-14-10-23-25(12-14)11-13-4-2-3-5-17(13)22/h2-10,12H,11H2,1H3,(H,24,27). The number of benzene rings is 2. The lowest BCUT2D eigenvalue weighted by molar-refractivity contribution is 0.0997. The molecular formula is C21H16FN3O4. The Hall–Kier alpha value is -3.94. The van der Waals surface area contributed by atoms with Crippen LogP contribution in [0.25, 0.3) is 11.0 Å². The fraction of sp³-hybridized carbons (Fsp3) is 0.0952. The zero-order valence-electron chi connectivity index (χ0n) is 15.4. The topological polar surface area (TPSA) is 86.4 Å². The van der Waals surface area contributed by atoms with Crippen LogP contribution in [0.1, 0.15) is 16.1 Å². The molecule has 4 aromatic rings. The van der Waals surface area contributed by atoms with Crippen LogP contribution in [0.5, 0.6) is 5.75 Å². The first-order valence-corrected chi connectivity index (χ1v) is 8.72. The maximum absolute atomic E-state index is 13.8. The minimum Gasteiger partial charge on any atom is -0.497 e. The molecular weight excluding hydrogens is 377 g/mol. The monoisotopic (exact) mass is 393 g/mol. The number of anilines is 1. The van der Waals surface area contributed by atoms with Crippen LogP contribution >= 0.6 is 0 Å². The molecule has 0 radical (unpaired) electrons. The van der Waals surface area contributed by atoms with Crippen molar-refractivity contribution in [3.63, 3.8) is 0 Å². The zero-order valence-corrected chi connectivity index (χ0v) is 15.4. The first-order valence-electron chi connectivity index (χ1n) is 8.72. The number of halogens is 1. The number of hydrogen-bond donors (Lipinski definition) is 1. The van der Waals surface area contributed by atoms with Crippen molar-refractivity contribution in [1.29, 1.82) is 0 Å². The Kier molecular flexibility index (Phi) is 4.82. The maximum Gasteiger partial charge on any atom is 0.291 e. The van der Waals surface area contributed by atoms with Gasteiger partial charge in [0.05, 0.1) is 30.9 Å². The molecule has 1 amide bonds. The van der Waals surface area contributed by atoms with Gasteiger partial charge < -0.3 is 14.5 Å². The van der Waals surface area contributed by atoms with Gasteiger partial charge in [-0.05, 0) is 18.2 Å². The van der Waals surface area contributed by atoms with Crippen molar-refractivity contribution >= 4 is 22.6 Å². The van der Waals surface area contributed by atoms with Crippen LogP contribution in [0.15, 0.2) is 70.1 Å². The van der Waals surface area contributed by atoms with E-state index in [4.69, 9.17) is 9.15 Å². The maximum atomic E-state index is 13.8. The number of ether oxygens (including phenoxy) is 1. The van der Waals surface area contributed by atoms with Crippen molar-refractivity contribution in [2.45, 2.75) is 6.54 Å². The molecule has 0 unspecified atom stereocenters. The minimum absolute atomic E-state index is 0.141. The summed E-state index contributed by atoms with van der Waals surface area (Å²) in [6.45, 7) is 0.216. The summed E-state index contributed by atoms with van der Waals surface area (Å²) in [7, 11) is 1.49. The SMILES string of the molecule is COc1ccc2c(=O)cc(C(=O)Nc3cnn(Cc4ccccc4F)c3)oc2c1. The fourth-order valence-corrected chi connectivity index (χ4v) is 2.88. The second-order valence-electron chi connectivity index (χ2n) is 6.31. The number of aromatic nitrogens is 2. The van der Waals surface area contributed by atoms with Crippen LogP contribution in [-0.4, -0.2) is 22.8 Å². The first-order chi connectivity index (χ1) is 14.0. The Bertz CT molecular complexity index is 1260. The van der Waals surface area contributed by atoms with Crippen LogP contribution in [-0.2, 0) is 6.54 Å². The second-order valence-corrected chi connectivity index (χ2v) is 6.31. The average Bonchev–Trinajstić information content (AvgIpc) is 3.16. The van der Waals surface area contributed by atoms with E-state index in [0.29, 0.717) is 22.4 Å². The van der Waals surface area contributed by atoms with Crippen LogP contribution < -0.4 is 15.5 Å². The fourth-order valence-electron chi connectivity index (χ4n) is 2.88. The molecule has 0 saturated carbocycles. The molecule has 2 heterocycles. The summed E-state index contributed by atoms with van der Waals surface area (Å²) in [6, 6.07) is 12.3. The number of carbonyl (C=O) groups excluding carboxylic acids is 1. The van der Waals surface area contributed by atoms with E-state index in [1.54, 1.807) is 42.6 Å². The molecule has 0 aliphatic rings. The molecule has 146 valence electrons. The van der Waals surface area contributed by atoms with E-state index in [1.165, 1.54) is 24.1 Å². The largest absolute Gasteiger partial charge is 0.497 e. The van der Waals surface area contributed by atoms with Gasteiger partial charge in [-0.25, -0.2) is 4.39 Å². The van der Waals surface area contributed by atoms with Gasteiger partial charge >= 0.3 is 0 Å². The van der Waals surface area contributed by atoms with E-state index >= 15 is 0 Å². The highest BCUT2D eigenvalue weighted by Gasteiger charge is 2.14. The molecule has 8 heteroatoms. The molecule has 0 spiro atoms. The van der Waals surface area contributed by atoms with Gasteiger partial charge in [0.25, 0.3) is 5.91 Å². The molecule has 0 aliphatic heterocycles. The van der Waals surface area contributed by atoms with Crippen molar-refractivity contribution in [2.75, 3.05) is 12.4 Å². The normalized spacial score (nSPS) is 10.8. The average molecular weight is 393 g/mol. The van der Waals surface area contributed by atoms with Crippen molar-refractivity contribution in [2.24, 2.45) is 0 Å². The molecule has 0 bridgehead atoms. The van der Waals surface area contributed by atoms with Gasteiger partial charge in [0, 0.05) is 23.9 Å². The third-order valence-electron chi connectivity index (χ3n) is 4.34. The van der Waals surface area contributed by atoms with E-state index < -0.39 is 5.91 Å². The van der Waals surface area contributed by atoms with Gasteiger partial charge in [0.1, 0.15) is 17.1 Å². The third kappa shape index (κ3) is 3.86. The Labute approximate surface area is 164 Å². The lowest BCUT2D eigenvalue weighted by atomic mass is 10.2. The van der Waals surface area contributed by atoms with Crippen molar-refractivity contribution < 1.29 is 18.3 Å². The highest BCUT2D eigenvalue weighted by atomic mass is 19.1. The number of nitrogens with one attached hydrogen (secondary N) is 1. The molecule has 0 saturated heterocycles. The predicted molar refractivity (Wildman–Crippen MR) is 105 cm³/mol. The van der Waals surface area contributed by atoms with E-state index in [9.17, 15) is 14.0 Å². The molecule has 2 aromatic heterocycles. The zero-order chi connectivity index (χ0) is 20.4. The molecule has 0 atom stereocenters. The number of hydrogen-bond acceptors (Lipinski definition) is 5. The predicted octanol–water partition coefficient (Wildman–Crippen LogP) is 3.44. The molecule has 1 N–H and O–H groups in total. The van der Waals surface area contributed by atoms with E-state index in [0.717, 1.165) is 6.07 Å². The lowest BCUT2D eigenvalue weighted by Crippen LogP contribution is -2.14. The summed E-state index contributed by atoms with van der Waals surface area (Å²) >= 11 is 0. The van der Waals surface area contributed by atoms with Gasteiger partial charge in [-0.1, -0.05) is 18.2 Å². The van der Waals surface area contributed by atoms with Crippen LogP contribution in [0, 0.1) is 5.82 Å². The van der Waals surface area contributed by atoms with Gasteiger partial charge in [0.15, 0.2) is 11.2 Å². The Morgan fingerprint density at radius 3 is 2.86 bits per heavy atom. The highest BCUT2D eigenvalue weighted by molar-refractivity contribution is 6.02. The van der Waals surface area contributed by atoms with E-state index in [2.05, 4.69) is 10.4 Å². The van der Waals surface area contributed by atoms with Gasteiger partial charge in [-0.2, -0.15) is 5.10 Å². The summed E-state index contributed by atoms with van der Waals surface area (Å²) in [5.41, 5.74) is 0.772. The summed E-state index contributed by atoms with van der Waals surface area (Å²) < 4.78 is 26.0. The molecule has 29 heavy (non-hydrogen) atoms. The van der Waals surface area contributed by atoms with Crippen molar-refractivity contribution in [3.05, 3.63) is 88.3 Å². The van der Waals surface area contributed by atoms with Crippen molar-refractivity contribution in [3.8, 4) is 5.75 Å². The van der Waals surface area contributed by atoms with Crippen molar-refractivity contribution in [1.82, 2.24) is 9.78 Å². The second kappa shape index (κ2) is 7.59. The number of rotatable bonds is 5. The number of nitrogens with zero attached hydrogens (tertiary/aromatic N) is 2. The Balaban J connectivity index is 1.54. The smallest absolute Gasteiger partial charge is 0.291 e. The third-order valence-corrected chi connectivity index (χ3v) is 4.34. The first kappa shape index (κ1) is 18.4. The number of amides is 1. The number of carbonyl (C=O) groups is 1. The van der Waals surface area contributed by atoms with Crippen LogP contribution in [0.4, 0.5) is 10.1 Å². The Morgan fingerprint density at radius 1 is 1.24 bits per heavy atom.